The number of fused-ring (bicyclic) bond motifs is 1. The fraction of sp³-hybridized carbons (Fsp3) is 0.276. The molecule has 4 aromatic rings. The van der Waals surface area contributed by atoms with Crippen molar-refractivity contribution in [1.82, 2.24) is 25.0 Å². The largest absolute Gasteiger partial charge is 0.381 e. The van der Waals surface area contributed by atoms with Crippen LogP contribution in [0.5, 0.6) is 0 Å². The Hall–Kier alpha value is -4.31. The molecule has 0 aliphatic heterocycles. The van der Waals surface area contributed by atoms with E-state index in [0.29, 0.717) is 23.4 Å². The molecule has 39 heavy (non-hydrogen) atoms. The lowest BCUT2D eigenvalue weighted by molar-refractivity contribution is -0.126. The van der Waals surface area contributed by atoms with Gasteiger partial charge in [-0.15, -0.1) is 5.10 Å². The van der Waals surface area contributed by atoms with Crippen molar-refractivity contribution in [2.45, 2.75) is 50.7 Å². The van der Waals surface area contributed by atoms with E-state index in [4.69, 9.17) is 10.7 Å². The summed E-state index contributed by atoms with van der Waals surface area (Å²) in [5.41, 5.74) is 8.98. The first-order valence-corrected chi connectivity index (χ1v) is 12.5. The summed E-state index contributed by atoms with van der Waals surface area (Å²) in [4.78, 5) is 16.1. The topological polar surface area (TPSA) is 120 Å². The lowest BCUT2D eigenvalue weighted by atomic mass is 9.67. The maximum absolute atomic E-state index is 14.6. The molecule has 1 aliphatic carbocycles. The second-order valence-corrected chi connectivity index (χ2v) is 10.2. The SMILES string of the molecule is C=C(C)[C@H]1CC[C@](C)(c2cccc(-c3cnn(C[C@@H](O)C(N)=O)c3)n2)c2nnc(-c3c(F)cccc3F)cc21. The number of amides is 1. The Labute approximate surface area is 224 Å². The summed E-state index contributed by atoms with van der Waals surface area (Å²) in [6.45, 7) is 8.06. The van der Waals surface area contributed by atoms with Crippen LogP contribution >= 0.6 is 0 Å². The number of primary amides is 1. The third-order valence-electron chi connectivity index (χ3n) is 7.40. The number of aliphatic hydroxyl groups excluding tert-OH is 1. The molecule has 0 saturated heterocycles. The quantitative estimate of drug-likeness (QED) is 0.344. The lowest BCUT2D eigenvalue weighted by Crippen LogP contribution is -2.33. The summed E-state index contributed by atoms with van der Waals surface area (Å²) >= 11 is 0. The molecular weight excluding hydrogens is 502 g/mol. The van der Waals surface area contributed by atoms with Gasteiger partial charge in [0.1, 0.15) is 11.6 Å². The van der Waals surface area contributed by atoms with Gasteiger partial charge in [0.2, 0.25) is 5.91 Å². The van der Waals surface area contributed by atoms with Crippen LogP contribution < -0.4 is 5.73 Å². The van der Waals surface area contributed by atoms with Crippen LogP contribution in [0.15, 0.2) is 67.0 Å². The van der Waals surface area contributed by atoms with Crippen molar-refractivity contribution >= 4 is 5.91 Å². The van der Waals surface area contributed by atoms with Crippen molar-refractivity contribution in [3.63, 3.8) is 0 Å². The molecule has 8 nitrogen and oxygen atoms in total. The zero-order valence-corrected chi connectivity index (χ0v) is 21.6. The first-order valence-electron chi connectivity index (χ1n) is 12.5. The van der Waals surface area contributed by atoms with Crippen LogP contribution in [-0.4, -0.2) is 42.1 Å². The van der Waals surface area contributed by atoms with Crippen LogP contribution in [0.4, 0.5) is 8.78 Å². The first kappa shape index (κ1) is 26.3. The first-order chi connectivity index (χ1) is 18.6. The van der Waals surface area contributed by atoms with Gasteiger partial charge in [0.25, 0.3) is 0 Å². The summed E-state index contributed by atoms with van der Waals surface area (Å²) < 4.78 is 30.6. The Kier molecular flexibility index (Phi) is 6.82. The van der Waals surface area contributed by atoms with Crippen molar-refractivity contribution in [3.8, 4) is 22.5 Å². The van der Waals surface area contributed by atoms with Crippen molar-refractivity contribution < 1.29 is 18.7 Å². The number of carbonyl (C=O) groups is 1. The number of nitrogens with zero attached hydrogens (tertiary/aromatic N) is 5. The summed E-state index contributed by atoms with van der Waals surface area (Å²) in [5, 5.41) is 22.8. The maximum Gasteiger partial charge on any atom is 0.248 e. The normalized spacial score (nSPS) is 19.4. The average molecular weight is 531 g/mol. The minimum Gasteiger partial charge on any atom is -0.381 e. The van der Waals surface area contributed by atoms with E-state index in [1.54, 1.807) is 18.5 Å². The third kappa shape index (κ3) is 4.83. The Morgan fingerprint density at radius 2 is 1.92 bits per heavy atom. The van der Waals surface area contributed by atoms with Gasteiger partial charge in [0.15, 0.2) is 6.10 Å². The van der Waals surface area contributed by atoms with E-state index in [1.165, 1.54) is 22.9 Å². The highest BCUT2D eigenvalue weighted by atomic mass is 19.1. The number of pyridine rings is 1. The minimum atomic E-state index is -1.35. The van der Waals surface area contributed by atoms with E-state index >= 15 is 0 Å². The molecule has 3 N–H and O–H groups in total. The van der Waals surface area contributed by atoms with Gasteiger partial charge >= 0.3 is 0 Å². The number of rotatable bonds is 7. The fourth-order valence-electron chi connectivity index (χ4n) is 5.20. The molecule has 0 unspecified atom stereocenters. The second-order valence-electron chi connectivity index (χ2n) is 10.2. The van der Waals surface area contributed by atoms with E-state index in [1.807, 2.05) is 32.0 Å². The predicted octanol–water partition coefficient (Wildman–Crippen LogP) is 4.29. The molecule has 0 bridgehead atoms. The van der Waals surface area contributed by atoms with Crippen LogP contribution in [0.3, 0.4) is 0 Å². The van der Waals surface area contributed by atoms with Crippen molar-refractivity contribution in [3.05, 3.63) is 95.6 Å². The van der Waals surface area contributed by atoms with Crippen molar-refractivity contribution in [2.75, 3.05) is 0 Å². The molecule has 0 saturated carbocycles. The molecule has 3 aromatic heterocycles. The molecule has 1 amide bonds. The number of carbonyl (C=O) groups excluding carboxylic acids is 1. The number of hydrogen-bond donors (Lipinski definition) is 2. The fourth-order valence-corrected chi connectivity index (χ4v) is 5.20. The van der Waals surface area contributed by atoms with E-state index in [0.717, 1.165) is 23.3 Å². The monoisotopic (exact) mass is 530 g/mol. The highest BCUT2D eigenvalue weighted by Crippen LogP contribution is 2.48. The molecule has 0 spiro atoms. The molecule has 200 valence electrons. The molecule has 3 heterocycles. The number of aliphatic hydroxyl groups is 1. The number of hydrogen-bond acceptors (Lipinski definition) is 6. The Morgan fingerprint density at radius 1 is 1.21 bits per heavy atom. The van der Waals surface area contributed by atoms with Crippen LogP contribution in [-0.2, 0) is 16.8 Å². The van der Waals surface area contributed by atoms with Gasteiger partial charge in [-0.05, 0) is 62.6 Å². The van der Waals surface area contributed by atoms with Gasteiger partial charge < -0.3 is 10.8 Å². The van der Waals surface area contributed by atoms with Gasteiger partial charge in [-0.1, -0.05) is 24.3 Å². The maximum atomic E-state index is 14.6. The van der Waals surface area contributed by atoms with E-state index in [9.17, 15) is 18.7 Å². The van der Waals surface area contributed by atoms with E-state index in [2.05, 4.69) is 21.9 Å². The number of nitrogens with two attached hydrogens (primary N) is 1. The molecular formula is C29H28F2N6O2. The second kappa shape index (κ2) is 10.1. The van der Waals surface area contributed by atoms with Crippen molar-refractivity contribution in [1.29, 1.82) is 0 Å². The van der Waals surface area contributed by atoms with Crippen LogP contribution in [0.25, 0.3) is 22.5 Å². The van der Waals surface area contributed by atoms with Crippen molar-refractivity contribution in [2.24, 2.45) is 5.73 Å². The standard InChI is InChI=1S/C29H28F2N6O2/c1-16(2)18-10-11-29(3,27-19(18)12-23(35-36-27)26-20(30)6-4-7-21(26)31)25-9-5-8-22(34-25)17-13-33-37(14-17)15-24(38)28(32)39/h4-9,12-14,18,24,38H,1,10-11,15H2,2-3H3,(H2,32,39)/t18-,24-,29-/m1/s1. The summed E-state index contributed by atoms with van der Waals surface area (Å²) in [5.74, 6) is -2.28. The van der Waals surface area contributed by atoms with Gasteiger partial charge in [-0.25, -0.2) is 8.78 Å². The number of halogens is 2. The van der Waals surface area contributed by atoms with Crippen LogP contribution in [0.1, 0.15) is 49.6 Å². The van der Waals surface area contributed by atoms with Gasteiger partial charge in [-0.2, -0.15) is 10.2 Å². The Bertz CT molecular complexity index is 1570. The summed E-state index contributed by atoms with van der Waals surface area (Å²) in [7, 11) is 0. The molecule has 10 heteroatoms. The van der Waals surface area contributed by atoms with E-state index < -0.39 is 29.1 Å². The average Bonchev–Trinajstić information content (AvgIpc) is 3.37. The molecule has 5 rings (SSSR count). The Balaban J connectivity index is 1.56. The molecule has 3 atom stereocenters. The van der Waals surface area contributed by atoms with Crippen LogP contribution in [0, 0.1) is 11.6 Å². The number of aromatic nitrogens is 5. The minimum absolute atomic E-state index is 0.0461. The number of allylic oxidation sites excluding steroid dienone is 1. The molecule has 0 fully saturated rings. The molecule has 0 radical (unpaired) electrons. The molecule has 1 aliphatic rings. The predicted molar refractivity (Wildman–Crippen MR) is 141 cm³/mol. The zero-order valence-electron chi connectivity index (χ0n) is 21.6. The summed E-state index contributed by atoms with van der Waals surface area (Å²) in [6.07, 6.45) is 3.39. The van der Waals surface area contributed by atoms with Gasteiger partial charge in [0.05, 0.1) is 46.5 Å². The highest BCUT2D eigenvalue weighted by molar-refractivity contribution is 5.78. The Morgan fingerprint density at radius 3 is 2.62 bits per heavy atom. The number of benzene rings is 1. The summed E-state index contributed by atoms with van der Waals surface area (Å²) in [6, 6.07) is 11.1. The van der Waals surface area contributed by atoms with Gasteiger partial charge in [0, 0.05) is 17.7 Å². The zero-order chi connectivity index (χ0) is 27.9. The van der Waals surface area contributed by atoms with Crippen LogP contribution in [0.2, 0.25) is 0 Å². The molecule has 1 aromatic carbocycles. The lowest BCUT2D eigenvalue weighted by Gasteiger charge is -2.38. The van der Waals surface area contributed by atoms with Gasteiger partial charge in [-0.3, -0.25) is 14.5 Å². The van der Waals surface area contributed by atoms with E-state index in [-0.39, 0.29) is 23.7 Å². The smallest absolute Gasteiger partial charge is 0.248 e. The highest BCUT2D eigenvalue weighted by Gasteiger charge is 2.41. The third-order valence-corrected chi connectivity index (χ3v) is 7.40.